The molecule has 0 radical (unpaired) electrons. The summed E-state index contributed by atoms with van der Waals surface area (Å²) in [5.74, 6) is -1.28. The van der Waals surface area contributed by atoms with Gasteiger partial charge in [0, 0.05) is 20.0 Å². The molecule has 7 nitrogen and oxygen atoms in total. The van der Waals surface area contributed by atoms with E-state index in [1.165, 1.54) is 6.92 Å². The molecule has 1 heterocycles. The standard InChI is InChI=1S/C14H24N2O5/c1-9(2)13(15-10(3)17)14(20)16-6-4-11(5-7-16)21-8-12(18)19/h9,11,13H,4-8H2,1-3H3,(H,15,17)(H,18,19). The van der Waals surface area contributed by atoms with E-state index in [1.807, 2.05) is 13.8 Å². The summed E-state index contributed by atoms with van der Waals surface area (Å²) in [6, 6.07) is -0.515. The molecule has 0 aliphatic carbocycles. The molecule has 0 aromatic carbocycles. The number of ether oxygens (including phenoxy) is 1. The first kappa shape index (κ1) is 17.4. The fraction of sp³-hybridized carbons (Fsp3) is 0.786. The number of aliphatic carboxylic acids is 1. The molecule has 1 saturated heterocycles. The molecule has 2 N–H and O–H groups in total. The summed E-state index contributed by atoms with van der Waals surface area (Å²) in [6.45, 7) is 5.91. The minimum Gasteiger partial charge on any atom is -0.480 e. The number of hydrogen-bond acceptors (Lipinski definition) is 4. The van der Waals surface area contributed by atoms with E-state index in [0.29, 0.717) is 25.9 Å². The Kier molecular flexibility index (Phi) is 6.61. The van der Waals surface area contributed by atoms with Crippen molar-refractivity contribution in [3.63, 3.8) is 0 Å². The molecule has 0 aromatic rings. The first-order valence-electron chi connectivity index (χ1n) is 7.20. The van der Waals surface area contributed by atoms with Crippen LogP contribution in [0.25, 0.3) is 0 Å². The van der Waals surface area contributed by atoms with Gasteiger partial charge >= 0.3 is 5.97 Å². The maximum Gasteiger partial charge on any atom is 0.329 e. The average molecular weight is 300 g/mol. The summed E-state index contributed by atoms with van der Waals surface area (Å²) in [4.78, 5) is 35.8. The Labute approximate surface area is 124 Å². The molecule has 21 heavy (non-hydrogen) atoms. The van der Waals surface area contributed by atoms with Crippen LogP contribution >= 0.6 is 0 Å². The fourth-order valence-electron chi connectivity index (χ4n) is 2.36. The second-order valence-corrected chi connectivity index (χ2v) is 5.65. The average Bonchev–Trinajstić information content (AvgIpc) is 2.42. The third-order valence-electron chi connectivity index (χ3n) is 3.49. The normalized spacial score (nSPS) is 17.6. The van der Waals surface area contributed by atoms with E-state index in [1.54, 1.807) is 4.90 Å². The molecule has 0 saturated carbocycles. The SMILES string of the molecule is CC(=O)NC(C(=O)N1CCC(OCC(=O)O)CC1)C(C)C. The van der Waals surface area contributed by atoms with Crippen LogP contribution in [0.3, 0.4) is 0 Å². The Morgan fingerprint density at radius 3 is 2.29 bits per heavy atom. The number of likely N-dealkylation sites (tertiary alicyclic amines) is 1. The van der Waals surface area contributed by atoms with Crippen LogP contribution in [-0.2, 0) is 19.1 Å². The fourth-order valence-corrected chi connectivity index (χ4v) is 2.36. The minimum atomic E-state index is -0.987. The molecular formula is C14H24N2O5. The Morgan fingerprint density at radius 2 is 1.86 bits per heavy atom. The Balaban J connectivity index is 2.49. The molecule has 2 amide bonds. The van der Waals surface area contributed by atoms with Crippen LogP contribution in [0.1, 0.15) is 33.6 Å². The predicted molar refractivity (Wildman–Crippen MR) is 75.6 cm³/mol. The van der Waals surface area contributed by atoms with Gasteiger partial charge in [-0.2, -0.15) is 0 Å². The first-order chi connectivity index (χ1) is 9.81. The Hall–Kier alpha value is -1.63. The topological polar surface area (TPSA) is 95.9 Å². The van der Waals surface area contributed by atoms with Crippen LogP contribution in [0.15, 0.2) is 0 Å². The summed E-state index contributed by atoms with van der Waals surface area (Å²) in [5.41, 5.74) is 0. The van der Waals surface area contributed by atoms with E-state index in [9.17, 15) is 14.4 Å². The number of hydrogen-bond donors (Lipinski definition) is 2. The van der Waals surface area contributed by atoms with Gasteiger partial charge < -0.3 is 20.1 Å². The highest BCUT2D eigenvalue weighted by Crippen LogP contribution is 2.16. The molecule has 7 heteroatoms. The molecule has 1 rings (SSSR count). The lowest BCUT2D eigenvalue weighted by Crippen LogP contribution is -2.53. The van der Waals surface area contributed by atoms with E-state index < -0.39 is 12.0 Å². The molecule has 0 bridgehead atoms. The summed E-state index contributed by atoms with van der Waals surface area (Å²) >= 11 is 0. The van der Waals surface area contributed by atoms with Gasteiger partial charge in [-0.05, 0) is 18.8 Å². The molecule has 1 unspecified atom stereocenters. The molecule has 120 valence electrons. The van der Waals surface area contributed by atoms with E-state index in [0.717, 1.165) is 0 Å². The summed E-state index contributed by atoms with van der Waals surface area (Å²) < 4.78 is 5.24. The zero-order valence-electron chi connectivity index (χ0n) is 12.8. The van der Waals surface area contributed by atoms with Gasteiger partial charge in [-0.25, -0.2) is 4.79 Å². The second-order valence-electron chi connectivity index (χ2n) is 5.65. The largest absolute Gasteiger partial charge is 0.480 e. The van der Waals surface area contributed by atoms with E-state index in [-0.39, 0.29) is 30.4 Å². The highest BCUT2D eigenvalue weighted by molar-refractivity contribution is 5.87. The van der Waals surface area contributed by atoms with Crippen molar-refractivity contribution in [1.82, 2.24) is 10.2 Å². The van der Waals surface area contributed by atoms with E-state index in [4.69, 9.17) is 9.84 Å². The van der Waals surface area contributed by atoms with Crippen LogP contribution < -0.4 is 5.32 Å². The Bertz CT molecular complexity index is 389. The predicted octanol–water partition coefficient (Wildman–Crippen LogP) is 0.239. The maximum atomic E-state index is 12.4. The number of nitrogens with zero attached hydrogens (tertiary/aromatic N) is 1. The lowest BCUT2D eigenvalue weighted by molar-refractivity contribution is -0.147. The molecule has 1 aliphatic heterocycles. The third-order valence-corrected chi connectivity index (χ3v) is 3.49. The van der Waals surface area contributed by atoms with Crippen molar-refractivity contribution < 1.29 is 24.2 Å². The van der Waals surface area contributed by atoms with Crippen LogP contribution in [-0.4, -0.2) is 59.6 Å². The van der Waals surface area contributed by atoms with Crippen LogP contribution in [0.2, 0.25) is 0 Å². The second kappa shape index (κ2) is 7.97. The first-order valence-corrected chi connectivity index (χ1v) is 7.20. The van der Waals surface area contributed by atoms with Gasteiger partial charge in [0.2, 0.25) is 11.8 Å². The number of piperidine rings is 1. The molecular weight excluding hydrogens is 276 g/mol. The number of carbonyl (C=O) groups excluding carboxylic acids is 2. The zero-order chi connectivity index (χ0) is 16.0. The van der Waals surface area contributed by atoms with E-state index in [2.05, 4.69) is 5.32 Å². The number of carboxylic acid groups (broad SMARTS) is 1. The van der Waals surface area contributed by atoms with Crippen LogP contribution in [0.5, 0.6) is 0 Å². The molecule has 0 aromatic heterocycles. The molecule has 1 aliphatic rings. The zero-order valence-corrected chi connectivity index (χ0v) is 12.8. The number of carboxylic acids is 1. The lowest BCUT2D eigenvalue weighted by Gasteiger charge is -2.35. The van der Waals surface area contributed by atoms with Crippen molar-refractivity contribution in [2.24, 2.45) is 5.92 Å². The maximum absolute atomic E-state index is 12.4. The van der Waals surface area contributed by atoms with Crippen molar-refractivity contribution in [2.75, 3.05) is 19.7 Å². The van der Waals surface area contributed by atoms with Crippen molar-refractivity contribution in [1.29, 1.82) is 0 Å². The number of carbonyl (C=O) groups is 3. The minimum absolute atomic E-state index is 0.0161. The van der Waals surface area contributed by atoms with Crippen LogP contribution in [0, 0.1) is 5.92 Å². The third kappa shape index (κ3) is 5.71. The smallest absolute Gasteiger partial charge is 0.329 e. The summed E-state index contributed by atoms with van der Waals surface area (Å²) in [6.07, 6.45) is 1.11. The highest BCUT2D eigenvalue weighted by atomic mass is 16.5. The number of nitrogens with one attached hydrogen (secondary N) is 1. The number of rotatable bonds is 6. The number of amides is 2. The van der Waals surface area contributed by atoms with E-state index >= 15 is 0 Å². The molecule has 1 atom stereocenters. The van der Waals surface area contributed by atoms with Gasteiger partial charge in [-0.1, -0.05) is 13.8 Å². The monoisotopic (exact) mass is 300 g/mol. The van der Waals surface area contributed by atoms with Crippen molar-refractivity contribution in [2.45, 2.75) is 45.8 Å². The lowest BCUT2D eigenvalue weighted by atomic mass is 10.0. The summed E-state index contributed by atoms with van der Waals surface area (Å²) in [7, 11) is 0. The highest BCUT2D eigenvalue weighted by Gasteiger charge is 2.30. The Morgan fingerprint density at radius 1 is 1.29 bits per heavy atom. The van der Waals surface area contributed by atoms with Crippen molar-refractivity contribution >= 4 is 17.8 Å². The van der Waals surface area contributed by atoms with Crippen molar-refractivity contribution in [3.05, 3.63) is 0 Å². The van der Waals surface area contributed by atoms with Gasteiger partial charge in [-0.15, -0.1) is 0 Å². The molecule has 1 fully saturated rings. The van der Waals surface area contributed by atoms with Crippen molar-refractivity contribution in [3.8, 4) is 0 Å². The molecule has 0 spiro atoms. The van der Waals surface area contributed by atoms with Gasteiger partial charge in [0.15, 0.2) is 0 Å². The van der Waals surface area contributed by atoms with Gasteiger partial charge in [0.05, 0.1) is 6.10 Å². The van der Waals surface area contributed by atoms with Gasteiger partial charge in [0.1, 0.15) is 12.6 Å². The van der Waals surface area contributed by atoms with Crippen LogP contribution in [0.4, 0.5) is 0 Å². The summed E-state index contributed by atoms with van der Waals surface area (Å²) in [5, 5.41) is 11.3. The van der Waals surface area contributed by atoms with Gasteiger partial charge in [-0.3, -0.25) is 9.59 Å². The quantitative estimate of drug-likeness (QED) is 0.732. The van der Waals surface area contributed by atoms with Gasteiger partial charge in [0.25, 0.3) is 0 Å².